The highest BCUT2D eigenvalue weighted by Crippen LogP contribution is 2.18. The minimum atomic E-state index is 0. The minimum absolute atomic E-state index is 0. The van der Waals surface area contributed by atoms with E-state index in [1.165, 1.54) is 0 Å². The Morgan fingerprint density at radius 2 is 2.26 bits per heavy atom. The number of nitrogens with one attached hydrogen (secondary N) is 2. The second-order valence-electron chi connectivity index (χ2n) is 4.06. The number of aromatic nitrogens is 1. The van der Waals surface area contributed by atoms with Gasteiger partial charge in [-0.2, -0.15) is 0 Å². The monoisotopic (exact) mass is 387 g/mol. The Kier molecular flexibility index (Phi) is 4.87. The van der Waals surface area contributed by atoms with Crippen molar-refractivity contribution in [1.29, 1.82) is 0 Å². The molecule has 100 valence electrons. The maximum atomic E-state index is 12.1. The fourth-order valence-electron chi connectivity index (χ4n) is 2.00. The van der Waals surface area contributed by atoms with Crippen LogP contribution in [0.25, 0.3) is 10.9 Å². The van der Waals surface area contributed by atoms with E-state index in [4.69, 9.17) is 0 Å². The first kappa shape index (κ1) is 14.4. The number of hydrogen-bond donors (Lipinski definition) is 2. The van der Waals surface area contributed by atoms with Crippen molar-refractivity contribution in [3.05, 3.63) is 36.0 Å². The number of ketones is 1. The molecule has 1 aromatic carbocycles. The van der Waals surface area contributed by atoms with Crippen LogP contribution in [-0.2, 0) is 0 Å². The molecule has 0 atom stereocenters. The number of nitrogens with zero attached hydrogens (tertiary/aromatic N) is 1. The molecule has 0 bridgehead atoms. The number of amidine groups is 1. The number of Topliss-reactive ketones (excluding diaryl/α,β-unsaturated/α-hetero) is 1. The maximum Gasteiger partial charge on any atom is 0.184 e. The molecule has 0 spiro atoms. The third-order valence-corrected chi connectivity index (χ3v) is 3.81. The van der Waals surface area contributed by atoms with E-state index >= 15 is 0 Å². The van der Waals surface area contributed by atoms with Crippen LogP contribution in [0.3, 0.4) is 0 Å². The molecule has 0 radical (unpaired) electrons. The van der Waals surface area contributed by atoms with Crippen molar-refractivity contribution in [2.24, 2.45) is 4.99 Å². The van der Waals surface area contributed by atoms with Crippen molar-refractivity contribution in [1.82, 2.24) is 10.3 Å². The van der Waals surface area contributed by atoms with Crippen LogP contribution in [0.4, 0.5) is 0 Å². The summed E-state index contributed by atoms with van der Waals surface area (Å²) in [6.07, 6.45) is 1.78. The van der Waals surface area contributed by atoms with Crippen LogP contribution < -0.4 is 5.32 Å². The van der Waals surface area contributed by atoms with Crippen molar-refractivity contribution in [2.75, 3.05) is 18.8 Å². The topological polar surface area (TPSA) is 57.2 Å². The molecule has 0 saturated heterocycles. The van der Waals surface area contributed by atoms with Crippen LogP contribution in [-0.4, -0.2) is 34.8 Å². The van der Waals surface area contributed by atoms with Gasteiger partial charge in [0.25, 0.3) is 0 Å². The highest BCUT2D eigenvalue weighted by molar-refractivity contribution is 14.0. The molecule has 0 amide bonds. The van der Waals surface area contributed by atoms with E-state index in [9.17, 15) is 4.79 Å². The molecule has 3 rings (SSSR count). The molecule has 0 aliphatic carbocycles. The predicted octanol–water partition coefficient (Wildman–Crippen LogP) is 2.66. The summed E-state index contributed by atoms with van der Waals surface area (Å²) < 4.78 is 0. The highest BCUT2D eigenvalue weighted by Gasteiger charge is 2.13. The number of halogens is 1. The van der Waals surface area contributed by atoms with Crippen LogP contribution in [0.2, 0.25) is 0 Å². The van der Waals surface area contributed by atoms with E-state index in [0.717, 1.165) is 33.9 Å². The molecule has 19 heavy (non-hydrogen) atoms. The minimum Gasteiger partial charge on any atom is -0.360 e. The average Bonchev–Trinajstić information content (AvgIpc) is 3.05. The number of para-hydroxylation sites is 1. The summed E-state index contributed by atoms with van der Waals surface area (Å²) in [4.78, 5) is 19.5. The first-order valence-corrected chi connectivity index (χ1v) is 6.83. The molecule has 1 aromatic heterocycles. The van der Waals surface area contributed by atoms with Gasteiger partial charge in [0.05, 0.1) is 13.1 Å². The van der Waals surface area contributed by atoms with Gasteiger partial charge in [-0.1, -0.05) is 30.0 Å². The smallest absolute Gasteiger partial charge is 0.184 e. The average molecular weight is 387 g/mol. The molecule has 1 aliphatic rings. The summed E-state index contributed by atoms with van der Waals surface area (Å²) in [5, 5.41) is 4.94. The van der Waals surface area contributed by atoms with Gasteiger partial charge in [0.15, 0.2) is 11.0 Å². The summed E-state index contributed by atoms with van der Waals surface area (Å²) >= 11 is 1.66. The Balaban J connectivity index is 0.00000133. The Bertz CT molecular complexity index is 623. The lowest BCUT2D eigenvalue weighted by molar-refractivity contribution is 0.0998. The van der Waals surface area contributed by atoms with Gasteiger partial charge in [-0.25, -0.2) is 0 Å². The third kappa shape index (κ3) is 3.11. The van der Waals surface area contributed by atoms with Crippen molar-refractivity contribution in [3.63, 3.8) is 0 Å². The van der Waals surface area contributed by atoms with Crippen LogP contribution in [0.1, 0.15) is 10.4 Å². The third-order valence-electron chi connectivity index (χ3n) is 2.88. The number of fused-ring (bicyclic) bond motifs is 1. The summed E-state index contributed by atoms with van der Waals surface area (Å²) in [6.45, 7) is 1.14. The Morgan fingerprint density at radius 3 is 3.05 bits per heavy atom. The molecule has 6 heteroatoms. The largest absolute Gasteiger partial charge is 0.360 e. The number of carbonyl (C=O) groups is 1. The normalized spacial score (nSPS) is 14.0. The van der Waals surface area contributed by atoms with Crippen molar-refractivity contribution < 1.29 is 4.79 Å². The zero-order valence-electron chi connectivity index (χ0n) is 10.2. The summed E-state index contributed by atoms with van der Waals surface area (Å²) in [5.74, 6) is 1.09. The number of benzene rings is 1. The fourth-order valence-corrected chi connectivity index (χ4v) is 2.73. The van der Waals surface area contributed by atoms with Crippen LogP contribution in [0.15, 0.2) is 35.5 Å². The lowest BCUT2D eigenvalue weighted by Gasteiger charge is -2.03. The molecule has 2 heterocycles. The molecular formula is C13H14IN3OS. The number of aliphatic imine (C=N–C) groups is 1. The van der Waals surface area contributed by atoms with Gasteiger partial charge in [-0.15, -0.1) is 24.0 Å². The first-order valence-electron chi connectivity index (χ1n) is 5.85. The second-order valence-corrected chi connectivity index (χ2v) is 5.14. The summed E-state index contributed by atoms with van der Waals surface area (Å²) in [6, 6.07) is 7.82. The van der Waals surface area contributed by atoms with E-state index in [1.807, 2.05) is 24.3 Å². The van der Waals surface area contributed by atoms with E-state index < -0.39 is 0 Å². The molecule has 0 saturated carbocycles. The van der Waals surface area contributed by atoms with Crippen molar-refractivity contribution in [2.45, 2.75) is 0 Å². The highest BCUT2D eigenvalue weighted by atomic mass is 127. The van der Waals surface area contributed by atoms with E-state index in [-0.39, 0.29) is 29.8 Å². The Hall–Kier alpha value is -1.02. The molecule has 0 fully saturated rings. The van der Waals surface area contributed by atoms with Gasteiger partial charge < -0.3 is 10.3 Å². The number of aromatic amines is 1. The molecule has 4 nitrogen and oxygen atoms in total. The lowest BCUT2D eigenvalue weighted by Crippen LogP contribution is -2.26. The summed E-state index contributed by atoms with van der Waals surface area (Å²) in [5.41, 5.74) is 1.73. The number of carbonyl (C=O) groups excluding carboxylic acids is 1. The number of thioether (sulfide) groups is 1. The van der Waals surface area contributed by atoms with Crippen molar-refractivity contribution >= 4 is 57.6 Å². The predicted molar refractivity (Wildman–Crippen MR) is 90.8 cm³/mol. The van der Waals surface area contributed by atoms with Crippen LogP contribution in [0, 0.1) is 0 Å². The molecule has 2 N–H and O–H groups in total. The van der Waals surface area contributed by atoms with E-state index in [2.05, 4.69) is 15.3 Å². The van der Waals surface area contributed by atoms with Gasteiger partial charge >= 0.3 is 0 Å². The van der Waals surface area contributed by atoms with Gasteiger partial charge in [0.2, 0.25) is 0 Å². The lowest BCUT2D eigenvalue weighted by atomic mass is 10.1. The fraction of sp³-hybridized carbons (Fsp3) is 0.231. The van der Waals surface area contributed by atoms with Gasteiger partial charge in [-0.05, 0) is 6.07 Å². The number of H-pyrrole nitrogens is 1. The number of rotatable bonds is 3. The van der Waals surface area contributed by atoms with Crippen LogP contribution >= 0.6 is 35.7 Å². The van der Waals surface area contributed by atoms with Crippen LogP contribution in [0.5, 0.6) is 0 Å². The number of hydrogen-bond acceptors (Lipinski definition) is 4. The van der Waals surface area contributed by atoms with Gasteiger partial charge in [0, 0.05) is 28.4 Å². The quantitative estimate of drug-likeness (QED) is 0.629. The standard InChI is InChI=1S/C13H13N3OS.HI/c17-12(8-16-13-14-5-6-18-13)10-7-15-11-4-2-1-3-9(10)11;/h1-4,7,15H,5-6,8H2,(H,14,16);1H. The zero-order valence-corrected chi connectivity index (χ0v) is 13.3. The first-order chi connectivity index (χ1) is 8.84. The van der Waals surface area contributed by atoms with Crippen molar-refractivity contribution in [3.8, 4) is 0 Å². The van der Waals surface area contributed by atoms with Gasteiger partial charge in [-0.3, -0.25) is 9.79 Å². The molecular weight excluding hydrogens is 373 g/mol. The Morgan fingerprint density at radius 1 is 1.42 bits per heavy atom. The SMILES string of the molecule is I.O=C(CNC1=NCCS1)c1c[nH]c2ccccc12. The van der Waals surface area contributed by atoms with E-state index in [1.54, 1.807) is 18.0 Å². The van der Waals surface area contributed by atoms with Gasteiger partial charge in [0.1, 0.15) is 0 Å². The maximum absolute atomic E-state index is 12.1. The second kappa shape index (κ2) is 6.42. The molecule has 1 aliphatic heterocycles. The van der Waals surface area contributed by atoms with E-state index in [0.29, 0.717) is 6.54 Å². The zero-order chi connectivity index (χ0) is 12.4. The molecule has 2 aromatic rings. The molecule has 0 unspecified atom stereocenters. The Labute approximate surface area is 132 Å². The summed E-state index contributed by atoms with van der Waals surface area (Å²) in [7, 11) is 0.